The highest BCUT2D eigenvalue weighted by molar-refractivity contribution is 7.89. The zero-order valence-electron chi connectivity index (χ0n) is 19.2. The lowest BCUT2D eigenvalue weighted by Crippen LogP contribution is -2.36. The SMILES string of the molecule is Cc1ccc(S(=O)(=O)N(Cc2cccc(OS(=O)(=O)c3cccc(C(F)(F)F)c3)c2)C(C)C)cc1. The van der Waals surface area contributed by atoms with E-state index < -0.39 is 42.8 Å². The van der Waals surface area contributed by atoms with Crippen molar-refractivity contribution in [2.24, 2.45) is 0 Å². The van der Waals surface area contributed by atoms with Gasteiger partial charge < -0.3 is 4.18 Å². The number of sulfonamides is 1. The van der Waals surface area contributed by atoms with E-state index in [1.807, 2.05) is 6.92 Å². The summed E-state index contributed by atoms with van der Waals surface area (Å²) in [6, 6.07) is 15.0. The third-order valence-electron chi connectivity index (χ3n) is 5.10. The van der Waals surface area contributed by atoms with Crippen LogP contribution in [0, 0.1) is 6.92 Å². The highest BCUT2D eigenvalue weighted by Gasteiger charge is 2.32. The maximum atomic E-state index is 13.2. The first-order valence-electron chi connectivity index (χ1n) is 10.5. The molecule has 0 aliphatic heterocycles. The Morgan fingerprint density at radius 2 is 1.49 bits per heavy atom. The maximum absolute atomic E-state index is 13.2. The molecular formula is C24H24F3NO5S2. The van der Waals surface area contributed by atoms with E-state index in [9.17, 15) is 30.0 Å². The Morgan fingerprint density at radius 1 is 0.857 bits per heavy atom. The van der Waals surface area contributed by atoms with Crippen LogP contribution < -0.4 is 4.18 Å². The average molecular weight is 528 g/mol. The summed E-state index contributed by atoms with van der Waals surface area (Å²) in [5.41, 5.74) is 0.225. The summed E-state index contributed by atoms with van der Waals surface area (Å²) < 4.78 is 96.8. The van der Waals surface area contributed by atoms with Crippen molar-refractivity contribution in [2.75, 3.05) is 0 Å². The van der Waals surface area contributed by atoms with Crippen molar-refractivity contribution >= 4 is 20.1 Å². The van der Waals surface area contributed by atoms with Crippen molar-refractivity contribution < 1.29 is 34.2 Å². The number of nitrogens with zero attached hydrogens (tertiary/aromatic N) is 1. The fourth-order valence-electron chi connectivity index (χ4n) is 3.27. The van der Waals surface area contributed by atoms with Gasteiger partial charge in [0.1, 0.15) is 10.6 Å². The lowest BCUT2D eigenvalue weighted by atomic mass is 10.2. The molecule has 0 atom stereocenters. The quantitative estimate of drug-likeness (QED) is 0.368. The van der Waals surface area contributed by atoms with E-state index in [0.29, 0.717) is 11.6 Å². The normalized spacial score (nSPS) is 12.8. The minimum absolute atomic E-state index is 0.0747. The third kappa shape index (κ3) is 6.41. The van der Waals surface area contributed by atoms with Crippen LogP contribution >= 0.6 is 0 Å². The average Bonchev–Trinajstić information content (AvgIpc) is 2.77. The highest BCUT2D eigenvalue weighted by Crippen LogP contribution is 2.31. The Balaban J connectivity index is 1.87. The second-order valence-corrected chi connectivity index (χ2v) is 11.6. The molecule has 3 aromatic rings. The Morgan fingerprint density at radius 3 is 2.09 bits per heavy atom. The van der Waals surface area contributed by atoms with E-state index in [1.165, 1.54) is 34.6 Å². The van der Waals surface area contributed by atoms with Crippen LogP contribution in [0.3, 0.4) is 0 Å². The van der Waals surface area contributed by atoms with Gasteiger partial charge in [0.2, 0.25) is 10.0 Å². The van der Waals surface area contributed by atoms with E-state index in [-0.39, 0.29) is 17.2 Å². The summed E-state index contributed by atoms with van der Waals surface area (Å²) in [6.45, 7) is 5.19. The molecule has 0 bridgehead atoms. The molecule has 0 fully saturated rings. The van der Waals surface area contributed by atoms with E-state index >= 15 is 0 Å². The molecule has 11 heteroatoms. The number of halogens is 3. The first-order valence-corrected chi connectivity index (χ1v) is 13.3. The van der Waals surface area contributed by atoms with Gasteiger partial charge in [-0.15, -0.1) is 0 Å². The molecule has 0 saturated heterocycles. The predicted molar refractivity (Wildman–Crippen MR) is 125 cm³/mol. The minimum atomic E-state index is -4.71. The summed E-state index contributed by atoms with van der Waals surface area (Å²) in [7, 11) is -8.42. The fraction of sp³-hybridized carbons (Fsp3) is 0.250. The second-order valence-electron chi connectivity index (χ2n) is 8.17. The van der Waals surface area contributed by atoms with Crippen LogP contribution in [0.15, 0.2) is 82.6 Å². The van der Waals surface area contributed by atoms with E-state index in [0.717, 1.165) is 23.8 Å². The van der Waals surface area contributed by atoms with E-state index in [1.54, 1.807) is 32.0 Å². The van der Waals surface area contributed by atoms with Crippen molar-refractivity contribution in [1.29, 1.82) is 0 Å². The topological polar surface area (TPSA) is 80.8 Å². The second kappa shape index (κ2) is 10.00. The number of benzene rings is 3. The maximum Gasteiger partial charge on any atom is 0.416 e. The number of alkyl halides is 3. The van der Waals surface area contributed by atoms with E-state index in [4.69, 9.17) is 4.18 Å². The fourth-order valence-corrected chi connectivity index (χ4v) is 5.86. The summed E-state index contributed by atoms with van der Waals surface area (Å²) >= 11 is 0. The van der Waals surface area contributed by atoms with Crippen LogP contribution in [-0.2, 0) is 32.9 Å². The monoisotopic (exact) mass is 527 g/mol. The molecule has 0 unspecified atom stereocenters. The minimum Gasteiger partial charge on any atom is -0.379 e. The summed E-state index contributed by atoms with van der Waals surface area (Å²) in [5.74, 6) is -0.156. The molecule has 3 aromatic carbocycles. The highest BCUT2D eigenvalue weighted by atomic mass is 32.2. The van der Waals surface area contributed by atoms with Gasteiger partial charge >= 0.3 is 16.3 Å². The van der Waals surface area contributed by atoms with Gasteiger partial charge in [-0.05, 0) is 68.8 Å². The standard InChI is InChI=1S/C24H24F3NO5S2/c1-17(2)28(34(29,30)22-12-10-18(3)11-13-22)16-19-6-4-8-21(14-19)33-35(31,32)23-9-5-7-20(15-23)24(25,26)27/h4-15,17H,16H2,1-3H3. The molecule has 0 radical (unpaired) electrons. The van der Waals surface area contributed by atoms with Crippen LogP contribution in [0.25, 0.3) is 0 Å². The Labute approximate surface area is 203 Å². The van der Waals surface area contributed by atoms with Gasteiger partial charge in [-0.25, -0.2) is 8.42 Å². The first-order chi connectivity index (χ1) is 16.2. The van der Waals surface area contributed by atoms with Gasteiger partial charge in [0, 0.05) is 12.6 Å². The first kappa shape index (κ1) is 26.7. The Hall–Kier alpha value is -2.89. The predicted octanol–water partition coefficient (Wildman–Crippen LogP) is 5.38. The van der Waals surface area contributed by atoms with Crippen molar-refractivity contribution in [1.82, 2.24) is 4.31 Å². The van der Waals surface area contributed by atoms with Crippen molar-refractivity contribution in [3.05, 3.63) is 89.5 Å². The summed E-state index contributed by atoms with van der Waals surface area (Å²) in [4.78, 5) is -0.528. The van der Waals surface area contributed by atoms with Crippen molar-refractivity contribution in [3.63, 3.8) is 0 Å². The van der Waals surface area contributed by atoms with Crippen molar-refractivity contribution in [3.8, 4) is 5.75 Å². The number of rotatable bonds is 8. The zero-order chi connectivity index (χ0) is 26.0. The van der Waals surface area contributed by atoms with Crippen molar-refractivity contribution in [2.45, 2.75) is 49.3 Å². The molecule has 0 amide bonds. The molecule has 3 rings (SSSR count). The Bertz CT molecular complexity index is 1400. The molecule has 35 heavy (non-hydrogen) atoms. The number of aryl methyl sites for hydroxylation is 1. The third-order valence-corrected chi connectivity index (χ3v) is 8.38. The smallest absolute Gasteiger partial charge is 0.379 e. The molecule has 0 heterocycles. The lowest BCUT2D eigenvalue weighted by Gasteiger charge is -2.26. The van der Waals surface area contributed by atoms with Crippen LogP contribution in [0.5, 0.6) is 5.75 Å². The number of hydrogen-bond acceptors (Lipinski definition) is 5. The van der Waals surface area contributed by atoms with Crippen LogP contribution in [0.4, 0.5) is 13.2 Å². The van der Waals surface area contributed by atoms with Gasteiger partial charge in [-0.1, -0.05) is 35.9 Å². The molecule has 6 nitrogen and oxygen atoms in total. The van der Waals surface area contributed by atoms with Gasteiger partial charge in [-0.2, -0.15) is 25.9 Å². The largest absolute Gasteiger partial charge is 0.416 e. The lowest BCUT2D eigenvalue weighted by molar-refractivity contribution is -0.137. The van der Waals surface area contributed by atoms with Gasteiger partial charge in [0.15, 0.2) is 0 Å². The Kier molecular flexibility index (Phi) is 7.63. The van der Waals surface area contributed by atoms with E-state index in [2.05, 4.69) is 0 Å². The molecule has 188 valence electrons. The molecular weight excluding hydrogens is 503 g/mol. The number of hydrogen-bond donors (Lipinski definition) is 0. The molecule has 0 saturated carbocycles. The molecule has 0 aliphatic rings. The van der Waals surface area contributed by atoms with Gasteiger partial charge in [0.05, 0.1) is 10.5 Å². The van der Waals surface area contributed by atoms with Gasteiger partial charge in [0.25, 0.3) is 0 Å². The molecule has 0 aromatic heterocycles. The summed E-state index contributed by atoms with van der Waals surface area (Å²) in [6.07, 6.45) is -4.71. The van der Waals surface area contributed by atoms with Crippen LogP contribution in [0.2, 0.25) is 0 Å². The molecule has 0 aliphatic carbocycles. The van der Waals surface area contributed by atoms with Crippen LogP contribution in [-0.4, -0.2) is 27.2 Å². The van der Waals surface area contributed by atoms with Crippen LogP contribution in [0.1, 0.15) is 30.5 Å². The molecule has 0 N–H and O–H groups in total. The summed E-state index contributed by atoms with van der Waals surface area (Å²) in [5, 5.41) is 0. The van der Waals surface area contributed by atoms with Gasteiger partial charge in [-0.3, -0.25) is 0 Å². The molecule has 0 spiro atoms. The zero-order valence-corrected chi connectivity index (χ0v) is 20.8.